The molecule has 2 aromatic rings. The first-order valence-electron chi connectivity index (χ1n) is 9.86. The standard InChI is InChI=1S/C20H25N5O.ClH/c26-20(17-11-13-4-1-2-7-16(13)22-17)21-15-6-3-5-14(10-15)19-23-18(24-25-19)12-8-9-12;/h3,5-6,10,12-13,16-17,22H,1-2,4,7-9,11H2,(H,21,26)(H,23,24,25);1H. The maximum Gasteiger partial charge on any atom is 0.241 e. The smallest absolute Gasteiger partial charge is 0.241 e. The van der Waals surface area contributed by atoms with Crippen molar-refractivity contribution in [1.29, 1.82) is 0 Å². The summed E-state index contributed by atoms with van der Waals surface area (Å²) in [5.41, 5.74) is 1.74. The number of hydrogen-bond donors (Lipinski definition) is 3. The largest absolute Gasteiger partial charge is 0.325 e. The van der Waals surface area contributed by atoms with Crippen LogP contribution in [0.5, 0.6) is 0 Å². The molecule has 0 radical (unpaired) electrons. The summed E-state index contributed by atoms with van der Waals surface area (Å²) in [6.07, 6.45) is 8.40. The highest BCUT2D eigenvalue weighted by Crippen LogP contribution is 2.38. The summed E-state index contributed by atoms with van der Waals surface area (Å²) in [6.45, 7) is 0. The minimum atomic E-state index is -0.0725. The fourth-order valence-corrected chi connectivity index (χ4v) is 4.43. The van der Waals surface area contributed by atoms with E-state index in [1.54, 1.807) is 0 Å². The molecule has 1 aromatic heterocycles. The molecular weight excluding hydrogens is 362 g/mol. The van der Waals surface area contributed by atoms with Gasteiger partial charge in [0.25, 0.3) is 0 Å². The molecular formula is C20H26ClN5O. The molecule has 1 amide bonds. The van der Waals surface area contributed by atoms with Gasteiger partial charge in [0.2, 0.25) is 5.91 Å². The van der Waals surface area contributed by atoms with E-state index >= 15 is 0 Å². The second-order valence-corrected chi connectivity index (χ2v) is 7.99. The van der Waals surface area contributed by atoms with E-state index in [9.17, 15) is 4.79 Å². The van der Waals surface area contributed by atoms with Crippen LogP contribution in [0, 0.1) is 5.92 Å². The summed E-state index contributed by atoms with van der Waals surface area (Å²) in [6, 6.07) is 8.27. The Kier molecular flexibility index (Phi) is 5.19. The zero-order valence-corrected chi connectivity index (χ0v) is 16.1. The second kappa shape index (κ2) is 7.60. The average molecular weight is 388 g/mol. The maximum atomic E-state index is 12.7. The molecule has 3 aliphatic rings. The second-order valence-electron chi connectivity index (χ2n) is 7.99. The molecule has 27 heavy (non-hydrogen) atoms. The van der Waals surface area contributed by atoms with Gasteiger partial charge in [0.1, 0.15) is 5.82 Å². The van der Waals surface area contributed by atoms with Crippen LogP contribution in [0.4, 0.5) is 5.69 Å². The summed E-state index contributed by atoms with van der Waals surface area (Å²) < 4.78 is 0. The molecule has 7 heteroatoms. The van der Waals surface area contributed by atoms with Crippen molar-refractivity contribution in [2.75, 3.05) is 5.32 Å². The normalized spacial score (nSPS) is 26.9. The van der Waals surface area contributed by atoms with Gasteiger partial charge >= 0.3 is 0 Å². The lowest BCUT2D eigenvalue weighted by Gasteiger charge is -2.24. The number of benzene rings is 1. The summed E-state index contributed by atoms with van der Waals surface area (Å²) >= 11 is 0. The van der Waals surface area contributed by atoms with Gasteiger partial charge in [-0.15, -0.1) is 12.4 Å². The van der Waals surface area contributed by atoms with E-state index in [-0.39, 0.29) is 24.4 Å². The van der Waals surface area contributed by atoms with Gasteiger partial charge in [-0.1, -0.05) is 25.0 Å². The summed E-state index contributed by atoms with van der Waals surface area (Å²) in [7, 11) is 0. The summed E-state index contributed by atoms with van der Waals surface area (Å²) in [5, 5.41) is 14.0. The molecule has 6 nitrogen and oxygen atoms in total. The molecule has 3 N–H and O–H groups in total. The highest BCUT2D eigenvalue weighted by atomic mass is 35.5. The van der Waals surface area contributed by atoms with Crippen LogP contribution in [-0.4, -0.2) is 33.2 Å². The van der Waals surface area contributed by atoms with Crippen molar-refractivity contribution in [3.05, 3.63) is 30.1 Å². The number of H-pyrrole nitrogens is 1. The number of aromatic amines is 1. The lowest BCUT2D eigenvalue weighted by atomic mass is 9.85. The van der Waals surface area contributed by atoms with Crippen LogP contribution in [0.3, 0.4) is 0 Å². The number of aromatic nitrogens is 3. The monoisotopic (exact) mass is 387 g/mol. The van der Waals surface area contributed by atoms with Crippen LogP contribution in [0.15, 0.2) is 24.3 Å². The van der Waals surface area contributed by atoms with E-state index in [4.69, 9.17) is 0 Å². The Balaban J connectivity index is 0.00000180. The number of nitrogens with one attached hydrogen (secondary N) is 3. The molecule has 0 bridgehead atoms. The zero-order valence-electron chi connectivity index (χ0n) is 15.3. The first-order valence-corrected chi connectivity index (χ1v) is 9.86. The molecule has 3 atom stereocenters. The predicted octanol–water partition coefficient (Wildman–Crippen LogP) is 3.63. The highest BCUT2D eigenvalue weighted by molar-refractivity contribution is 5.95. The molecule has 1 aliphatic heterocycles. The van der Waals surface area contributed by atoms with Gasteiger partial charge in [-0.05, 0) is 50.2 Å². The SMILES string of the molecule is Cl.O=C(Nc1cccc(-c2n[nH]c(C3CC3)n2)c1)C1CC2CCCCC2N1. The van der Waals surface area contributed by atoms with Gasteiger partial charge in [-0.3, -0.25) is 9.89 Å². The Morgan fingerprint density at radius 3 is 2.81 bits per heavy atom. The number of fused-ring (bicyclic) bond motifs is 1. The van der Waals surface area contributed by atoms with Crippen molar-refractivity contribution < 1.29 is 4.79 Å². The lowest BCUT2D eigenvalue weighted by Crippen LogP contribution is -2.39. The van der Waals surface area contributed by atoms with Crippen molar-refractivity contribution in [3.63, 3.8) is 0 Å². The molecule has 1 saturated heterocycles. The van der Waals surface area contributed by atoms with Gasteiger partial charge in [0.05, 0.1) is 6.04 Å². The van der Waals surface area contributed by atoms with Gasteiger partial charge in [-0.2, -0.15) is 5.10 Å². The van der Waals surface area contributed by atoms with Gasteiger partial charge in [0.15, 0.2) is 5.82 Å². The number of amides is 1. The lowest BCUT2D eigenvalue weighted by molar-refractivity contribution is -0.117. The van der Waals surface area contributed by atoms with Crippen molar-refractivity contribution in [2.24, 2.45) is 5.92 Å². The Bertz CT molecular complexity index is 804. The molecule has 1 aromatic carbocycles. The van der Waals surface area contributed by atoms with Crippen LogP contribution in [0.25, 0.3) is 11.4 Å². The number of carbonyl (C=O) groups is 1. The van der Waals surface area contributed by atoms with Gasteiger partial charge in [0, 0.05) is 23.2 Å². The minimum Gasteiger partial charge on any atom is -0.325 e. The molecule has 5 rings (SSSR count). The van der Waals surface area contributed by atoms with Crippen LogP contribution >= 0.6 is 12.4 Å². The number of carbonyl (C=O) groups excluding carboxylic acids is 1. The maximum absolute atomic E-state index is 12.7. The van der Waals surface area contributed by atoms with E-state index in [0.29, 0.717) is 23.7 Å². The first kappa shape index (κ1) is 18.4. The Morgan fingerprint density at radius 1 is 1.15 bits per heavy atom. The van der Waals surface area contributed by atoms with Crippen molar-refractivity contribution >= 4 is 24.0 Å². The summed E-state index contributed by atoms with van der Waals surface area (Å²) in [5.74, 6) is 2.97. The van der Waals surface area contributed by atoms with E-state index < -0.39 is 0 Å². The average Bonchev–Trinajstić information content (AvgIpc) is 3.23. The van der Waals surface area contributed by atoms with Gasteiger partial charge < -0.3 is 10.6 Å². The van der Waals surface area contributed by atoms with Crippen molar-refractivity contribution in [1.82, 2.24) is 20.5 Å². The fourth-order valence-electron chi connectivity index (χ4n) is 4.43. The van der Waals surface area contributed by atoms with Gasteiger partial charge in [-0.25, -0.2) is 4.98 Å². The van der Waals surface area contributed by atoms with Crippen molar-refractivity contribution in [3.8, 4) is 11.4 Å². The van der Waals surface area contributed by atoms with E-state index in [1.165, 1.54) is 38.5 Å². The molecule has 3 unspecified atom stereocenters. The molecule has 2 aliphatic carbocycles. The van der Waals surface area contributed by atoms with Crippen LogP contribution in [0.1, 0.15) is 56.7 Å². The number of nitrogens with zero attached hydrogens (tertiary/aromatic N) is 2. The highest BCUT2D eigenvalue weighted by Gasteiger charge is 2.38. The van der Waals surface area contributed by atoms with E-state index in [2.05, 4.69) is 25.8 Å². The Hall–Kier alpha value is -1.92. The predicted molar refractivity (Wildman–Crippen MR) is 107 cm³/mol. The molecule has 2 saturated carbocycles. The van der Waals surface area contributed by atoms with Crippen LogP contribution in [-0.2, 0) is 4.79 Å². The fraction of sp³-hybridized carbons (Fsp3) is 0.550. The number of rotatable bonds is 4. The zero-order chi connectivity index (χ0) is 17.5. The quantitative estimate of drug-likeness (QED) is 0.748. The third-order valence-corrected chi connectivity index (χ3v) is 6.03. The van der Waals surface area contributed by atoms with Crippen LogP contribution < -0.4 is 10.6 Å². The number of hydrogen-bond acceptors (Lipinski definition) is 4. The molecule has 144 valence electrons. The van der Waals surface area contributed by atoms with E-state index in [1.807, 2.05) is 24.3 Å². The van der Waals surface area contributed by atoms with Crippen LogP contribution in [0.2, 0.25) is 0 Å². The molecule has 3 fully saturated rings. The minimum absolute atomic E-state index is 0. The third-order valence-electron chi connectivity index (χ3n) is 6.03. The van der Waals surface area contributed by atoms with E-state index in [0.717, 1.165) is 23.5 Å². The number of halogens is 1. The third kappa shape index (κ3) is 3.87. The van der Waals surface area contributed by atoms with Crippen molar-refractivity contribution in [2.45, 2.75) is 62.9 Å². The number of anilines is 1. The topological polar surface area (TPSA) is 82.7 Å². The molecule has 2 heterocycles. The Morgan fingerprint density at radius 2 is 2.00 bits per heavy atom. The molecule has 0 spiro atoms. The summed E-state index contributed by atoms with van der Waals surface area (Å²) in [4.78, 5) is 17.3. The Labute approximate surface area is 165 Å². The first-order chi connectivity index (χ1) is 12.8.